The van der Waals surface area contributed by atoms with E-state index in [1.54, 1.807) is 0 Å². The predicted molar refractivity (Wildman–Crippen MR) is 168 cm³/mol. The number of allylic oxidation sites excluding steroid dienone is 1. The lowest BCUT2D eigenvalue weighted by Gasteiger charge is -2.51. The van der Waals surface area contributed by atoms with Crippen molar-refractivity contribution >= 4 is 5.78 Å². The van der Waals surface area contributed by atoms with Crippen LogP contribution in [-0.2, 0) is 19.0 Å². The van der Waals surface area contributed by atoms with E-state index in [4.69, 9.17) is 14.2 Å². The van der Waals surface area contributed by atoms with Gasteiger partial charge in [0.05, 0.1) is 43.2 Å². The van der Waals surface area contributed by atoms with Crippen molar-refractivity contribution in [3.05, 3.63) is 12.7 Å². The molecule has 3 heterocycles. The van der Waals surface area contributed by atoms with Crippen LogP contribution in [0.2, 0.25) is 0 Å². The number of ketones is 1. The van der Waals surface area contributed by atoms with Crippen LogP contribution in [0.15, 0.2) is 12.7 Å². The van der Waals surface area contributed by atoms with Gasteiger partial charge in [0.1, 0.15) is 5.78 Å². The summed E-state index contributed by atoms with van der Waals surface area (Å²) in [6.07, 6.45) is 17.3. The maximum Gasteiger partial charge on any atom is 0.135 e. The van der Waals surface area contributed by atoms with E-state index in [1.807, 2.05) is 6.92 Å². The molecule has 240 valence electrons. The minimum absolute atomic E-state index is 0.0345. The van der Waals surface area contributed by atoms with Gasteiger partial charge in [0, 0.05) is 12.3 Å². The van der Waals surface area contributed by atoms with Crippen molar-refractivity contribution in [1.82, 2.24) is 0 Å². The molecule has 13 atom stereocenters. The lowest BCUT2D eigenvalue weighted by molar-refractivity contribution is -0.125. The molecule has 1 N–H and O–H groups in total. The summed E-state index contributed by atoms with van der Waals surface area (Å²) in [6, 6.07) is 0. The van der Waals surface area contributed by atoms with Crippen molar-refractivity contribution in [2.45, 2.75) is 155 Å². The highest BCUT2D eigenvalue weighted by Crippen LogP contribution is 2.57. The van der Waals surface area contributed by atoms with E-state index < -0.39 is 6.10 Å². The Hall–Kier alpha value is -0.750. The smallest absolute Gasteiger partial charge is 0.135 e. The van der Waals surface area contributed by atoms with Crippen molar-refractivity contribution in [3.8, 4) is 0 Å². The fraction of sp³-hybridized carbons (Fsp3) is 0.919. The van der Waals surface area contributed by atoms with Crippen LogP contribution < -0.4 is 0 Å². The van der Waals surface area contributed by atoms with Crippen LogP contribution in [0.4, 0.5) is 0 Å². The number of rotatable bonds is 11. The molecule has 42 heavy (non-hydrogen) atoms. The fourth-order valence-corrected chi connectivity index (χ4v) is 10.3. The van der Waals surface area contributed by atoms with Gasteiger partial charge in [-0.3, -0.25) is 4.79 Å². The van der Waals surface area contributed by atoms with Gasteiger partial charge in [-0.05, 0) is 113 Å². The molecule has 0 bridgehead atoms. The average molecular weight is 587 g/mol. The second kappa shape index (κ2) is 13.7. The van der Waals surface area contributed by atoms with E-state index in [1.165, 1.54) is 51.4 Å². The summed E-state index contributed by atoms with van der Waals surface area (Å²) in [5.41, 5.74) is -0.321. The number of carbonyl (C=O) groups excluding carboxylic acids is 1. The predicted octanol–water partition coefficient (Wildman–Crippen LogP) is 7.93. The number of ether oxygens (including phenoxy) is 3. The topological polar surface area (TPSA) is 68.3 Å². The van der Waals surface area contributed by atoms with Crippen molar-refractivity contribution in [1.29, 1.82) is 0 Å². The van der Waals surface area contributed by atoms with Crippen LogP contribution in [0.25, 0.3) is 0 Å². The van der Waals surface area contributed by atoms with Crippen LogP contribution in [0.1, 0.15) is 125 Å². The summed E-state index contributed by atoms with van der Waals surface area (Å²) in [6.45, 7) is 16.9. The molecule has 0 aromatic carbocycles. The molecule has 3 saturated heterocycles. The Morgan fingerprint density at radius 3 is 2.50 bits per heavy atom. The second-order valence-electron chi connectivity index (χ2n) is 15.3. The Morgan fingerprint density at radius 2 is 1.76 bits per heavy atom. The number of aliphatic hydroxyl groups is 1. The van der Waals surface area contributed by atoms with Crippen molar-refractivity contribution in [2.75, 3.05) is 13.2 Å². The highest BCUT2D eigenvalue weighted by atomic mass is 16.6. The first-order valence-corrected chi connectivity index (χ1v) is 17.9. The molecule has 5 nitrogen and oxygen atoms in total. The molecule has 0 amide bonds. The maximum absolute atomic E-state index is 13.4. The third-order valence-electron chi connectivity index (χ3n) is 13.3. The molecule has 5 aliphatic rings. The molecule has 5 rings (SSSR count). The molecule has 13 unspecified atom stereocenters. The number of fused-ring (bicyclic) bond motifs is 2. The van der Waals surface area contributed by atoms with Crippen LogP contribution in [0.3, 0.4) is 0 Å². The number of epoxide rings is 1. The molecule has 5 fully saturated rings. The van der Waals surface area contributed by atoms with Gasteiger partial charge in [-0.2, -0.15) is 0 Å². The summed E-state index contributed by atoms with van der Waals surface area (Å²) in [5, 5.41) is 11.8. The standard InChI is InChI=1S/C37H62O5/c1-7-29-18-17-26-12-10-14-31(30(26)22-41-29)36(6)35(42-36)21-28(33(38)8-2)20-34(39)25(5)37(9-3)19-11-13-27-16-15-24(4)40-23-32(27)37/h9,24-32,34-35,39H,3,7-8,10-23H2,1-2,4-6H3. The lowest BCUT2D eigenvalue weighted by atomic mass is 9.55. The Morgan fingerprint density at radius 1 is 1.00 bits per heavy atom. The normalized spacial score (nSPS) is 44.4. The van der Waals surface area contributed by atoms with Gasteiger partial charge in [-0.25, -0.2) is 0 Å². The Balaban J connectivity index is 1.26. The first-order valence-electron chi connectivity index (χ1n) is 17.9. The summed E-state index contributed by atoms with van der Waals surface area (Å²) in [5.74, 6) is 2.96. The minimum Gasteiger partial charge on any atom is -0.393 e. The minimum atomic E-state index is -0.548. The van der Waals surface area contributed by atoms with E-state index in [-0.39, 0.29) is 34.7 Å². The van der Waals surface area contributed by atoms with E-state index in [0.717, 1.165) is 44.8 Å². The van der Waals surface area contributed by atoms with Crippen LogP contribution in [0, 0.1) is 46.8 Å². The Labute approximate surface area is 256 Å². The van der Waals surface area contributed by atoms with Crippen molar-refractivity contribution in [3.63, 3.8) is 0 Å². The summed E-state index contributed by atoms with van der Waals surface area (Å²) in [7, 11) is 0. The third kappa shape index (κ3) is 6.46. The third-order valence-corrected chi connectivity index (χ3v) is 13.3. The van der Waals surface area contributed by atoms with Crippen LogP contribution in [0.5, 0.6) is 0 Å². The van der Waals surface area contributed by atoms with Crippen LogP contribution >= 0.6 is 0 Å². The van der Waals surface area contributed by atoms with Crippen molar-refractivity contribution < 1.29 is 24.1 Å². The first-order chi connectivity index (χ1) is 20.2. The largest absolute Gasteiger partial charge is 0.393 e. The van der Waals surface area contributed by atoms with Crippen molar-refractivity contribution in [2.24, 2.45) is 46.8 Å². The quantitative estimate of drug-likeness (QED) is 0.197. The molecule has 5 heteroatoms. The monoisotopic (exact) mass is 586 g/mol. The zero-order chi connectivity index (χ0) is 30.1. The SMILES string of the molecule is C=CC1(C(C)C(O)CC(CC2OC2(C)C2CCCC3CCC(CC)OCC32)C(=O)CC)CCCC2CCC(C)OCC21. The van der Waals surface area contributed by atoms with Gasteiger partial charge in [0.25, 0.3) is 0 Å². The number of aliphatic hydroxyl groups excluding tert-OH is 1. The molecule has 3 aliphatic heterocycles. The zero-order valence-corrected chi connectivity index (χ0v) is 27.5. The van der Waals surface area contributed by atoms with E-state index in [0.29, 0.717) is 48.7 Å². The van der Waals surface area contributed by atoms with Gasteiger partial charge in [-0.1, -0.05) is 52.5 Å². The van der Waals surface area contributed by atoms with Gasteiger partial charge < -0.3 is 19.3 Å². The molecule has 0 aromatic heterocycles. The van der Waals surface area contributed by atoms with Gasteiger partial charge in [0.15, 0.2) is 0 Å². The van der Waals surface area contributed by atoms with Gasteiger partial charge in [0.2, 0.25) is 0 Å². The van der Waals surface area contributed by atoms with E-state index >= 15 is 0 Å². The summed E-state index contributed by atoms with van der Waals surface area (Å²) in [4.78, 5) is 13.4. The average Bonchev–Trinajstić information content (AvgIpc) is 3.75. The second-order valence-corrected chi connectivity index (χ2v) is 15.3. The fourth-order valence-electron chi connectivity index (χ4n) is 10.3. The van der Waals surface area contributed by atoms with Gasteiger partial charge in [-0.15, -0.1) is 6.58 Å². The number of hydrogen-bond donors (Lipinski definition) is 1. The van der Waals surface area contributed by atoms with Gasteiger partial charge >= 0.3 is 0 Å². The molecule has 2 aliphatic carbocycles. The number of carbonyl (C=O) groups is 1. The molecule has 0 aromatic rings. The van der Waals surface area contributed by atoms with E-state index in [2.05, 4.69) is 40.3 Å². The summed E-state index contributed by atoms with van der Waals surface area (Å²) < 4.78 is 19.3. The first kappa shape index (κ1) is 32.6. The van der Waals surface area contributed by atoms with Crippen LogP contribution in [-0.4, -0.2) is 54.1 Å². The molecule has 0 radical (unpaired) electrons. The number of Topliss-reactive ketones (excluding diaryl/α,β-unsaturated/α-hetero) is 1. The molecule has 2 saturated carbocycles. The highest BCUT2D eigenvalue weighted by Gasteiger charge is 2.61. The summed E-state index contributed by atoms with van der Waals surface area (Å²) >= 11 is 0. The highest BCUT2D eigenvalue weighted by molar-refractivity contribution is 5.80. The number of hydrogen-bond acceptors (Lipinski definition) is 5. The zero-order valence-electron chi connectivity index (χ0n) is 27.5. The lowest BCUT2D eigenvalue weighted by Crippen LogP contribution is -2.48. The molecular weight excluding hydrogens is 524 g/mol. The Kier molecular flexibility index (Phi) is 10.7. The molecular formula is C37H62O5. The Bertz CT molecular complexity index is 920. The van der Waals surface area contributed by atoms with E-state index in [9.17, 15) is 9.90 Å². The molecule has 0 spiro atoms. The maximum atomic E-state index is 13.4.